The van der Waals surface area contributed by atoms with Crippen LogP contribution in [0.25, 0.3) is 12.2 Å². The smallest absolute Gasteiger partial charge is 0.363 e. The Morgan fingerprint density at radius 2 is 1.71 bits per heavy atom. The summed E-state index contributed by atoms with van der Waals surface area (Å²) in [6.07, 6.45) is 4.69. The third kappa shape index (κ3) is 3.44. The van der Waals surface area contributed by atoms with Crippen molar-refractivity contribution in [3.05, 3.63) is 87.6 Å². The van der Waals surface area contributed by atoms with Crippen LogP contribution in [-0.4, -0.2) is 16.8 Å². The molecule has 2 aromatic carbocycles. The molecule has 0 amide bonds. The van der Waals surface area contributed by atoms with Crippen molar-refractivity contribution < 1.29 is 14.5 Å². The molecule has 3 rings (SSSR count). The molecule has 0 N–H and O–H groups in total. The van der Waals surface area contributed by atoms with E-state index in [0.29, 0.717) is 5.56 Å². The Morgan fingerprint density at radius 3 is 2.46 bits per heavy atom. The van der Waals surface area contributed by atoms with Crippen LogP contribution in [0.1, 0.15) is 11.1 Å². The number of nitro benzene ring substituents is 1. The van der Waals surface area contributed by atoms with E-state index in [1.807, 2.05) is 30.3 Å². The fourth-order valence-corrected chi connectivity index (χ4v) is 2.15. The lowest BCUT2D eigenvalue weighted by Crippen LogP contribution is -2.01. The van der Waals surface area contributed by atoms with Gasteiger partial charge in [0.2, 0.25) is 5.90 Å². The molecule has 1 aliphatic heterocycles. The average Bonchev–Trinajstić information content (AvgIpc) is 2.94. The van der Waals surface area contributed by atoms with Gasteiger partial charge in [-0.2, -0.15) is 0 Å². The van der Waals surface area contributed by atoms with E-state index < -0.39 is 10.9 Å². The van der Waals surface area contributed by atoms with Gasteiger partial charge in [0, 0.05) is 12.1 Å². The Morgan fingerprint density at radius 1 is 1.00 bits per heavy atom. The fraction of sp³-hybridized carbons (Fsp3) is 0. The maximum Gasteiger partial charge on any atom is 0.363 e. The zero-order valence-electron chi connectivity index (χ0n) is 12.5. The van der Waals surface area contributed by atoms with Gasteiger partial charge in [0.1, 0.15) is 0 Å². The largest absolute Gasteiger partial charge is 0.403 e. The minimum absolute atomic E-state index is 0.0250. The maximum absolute atomic E-state index is 11.9. The van der Waals surface area contributed by atoms with E-state index in [1.165, 1.54) is 12.1 Å². The Labute approximate surface area is 137 Å². The minimum atomic E-state index is -0.638. The van der Waals surface area contributed by atoms with Crippen LogP contribution in [0.3, 0.4) is 0 Å². The second-order valence-electron chi connectivity index (χ2n) is 4.93. The molecule has 0 radical (unpaired) electrons. The SMILES string of the molecule is O=C1OC(/C=C/c2ccccc2)=NC/1=C/c1ccccc1[N+](=O)[O-]. The zero-order chi connectivity index (χ0) is 16.9. The van der Waals surface area contributed by atoms with Crippen molar-refractivity contribution in [3.63, 3.8) is 0 Å². The first-order valence-corrected chi connectivity index (χ1v) is 7.12. The van der Waals surface area contributed by atoms with Crippen molar-refractivity contribution in [3.8, 4) is 0 Å². The average molecular weight is 320 g/mol. The lowest BCUT2D eigenvalue weighted by atomic mass is 10.1. The number of cyclic esters (lactones) is 1. The first-order valence-electron chi connectivity index (χ1n) is 7.12. The molecule has 0 saturated heterocycles. The number of esters is 1. The van der Waals surface area contributed by atoms with Gasteiger partial charge >= 0.3 is 5.97 Å². The van der Waals surface area contributed by atoms with Gasteiger partial charge in [-0.25, -0.2) is 9.79 Å². The van der Waals surface area contributed by atoms with Crippen molar-refractivity contribution in [2.24, 2.45) is 4.99 Å². The van der Waals surface area contributed by atoms with E-state index in [1.54, 1.807) is 30.4 Å². The number of hydrogen-bond donors (Lipinski definition) is 0. The molecule has 0 unspecified atom stereocenters. The quantitative estimate of drug-likeness (QED) is 0.373. The van der Waals surface area contributed by atoms with Gasteiger partial charge in [-0.05, 0) is 23.8 Å². The summed E-state index contributed by atoms with van der Waals surface area (Å²) in [5.74, 6) is -0.491. The number of nitrogens with zero attached hydrogens (tertiary/aromatic N) is 2. The zero-order valence-corrected chi connectivity index (χ0v) is 12.5. The van der Waals surface area contributed by atoms with Gasteiger partial charge in [0.05, 0.1) is 10.5 Å². The van der Waals surface area contributed by atoms with Crippen LogP contribution >= 0.6 is 0 Å². The molecule has 1 heterocycles. The van der Waals surface area contributed by atoms with Crippen molar-refractivity contribution in [2.75, 3.05) is 0 Å². The van der Waals surface area contributed by atoms with Gasteiger partial charge in [0.25, 0.3) is 5.69 Å². The van der Waals surface area contributed by atoms with Gasteiger partial charge in [-0.3, -0.25) is 10.1 Å². The molecule has 0 bridgehead atoms. The number of carbonyl (C=O) groups is 1. The molecule has 6 nitrogen and oxygen atoms in total. The van der Waals surface area contributed by atoms with Gasteiger partial charge in [-0.1, -0.05) is 42.5 Å². The molecule has 6 heteroatoms. The highest BCUT2D eigenvalue weighted by Crippen LogP contribution is 2.23. The number of carbonyl (C=O) groups excluding carboxylic acids is 1. The van der Waals surface area contributed by atoms with Gasteiger partial charge in [0.15, 0.2) is 5.70 Å². The Bertz CT molecular complexity index is 883. The summed E-state index contributed by atoms with van der Waals surface area (Å²) in [5, 5.41) is 11.0. The molecule has 0 atom stereocenters. The normalized spacial score (nSPS) is 15.6. The van der Waals surface area contributed by atoms with Crippen molar-refractivity contribution in [2.45, 2.75) is 0 Å². The summed E-state index contributed by atoms with van der Waals surface area (Å²) in [7, 11) is 0. The summed E-state index contributed by atoms with van der Waals surface area (Å²) >= 11 is 0. The molecular formula is C18H12N2O4. The first-order chi connectivity index (χ1) is 11.6. The summed E-state index contributed by atoms with van der Waals surface area (Å²) in [6.45, 7) is 0. The molecule has 24 heavy (non-hydrogen) atoms. The van der Waals surface area contributed by atoms with Crippen LogP contribution < -0.4 is 0 Å². The molecular weight excluding hydrogens is 308 g/mol. The Balaban J connectivity index is 1.87. The summed E-state index contributed by atoms with van der Waals surface area (Å²) in [4.78, 5) is 26.5. The third-order valence-electron chi connectivity index (χ3n) is 3.28. The molecule has 2 aromatic rings. The molecule has 0 aromatic heterocycles. The van der Waals surface area contributed by atoms with E-state index in [9.17, 15) is 14.9 Å². The summed E-state index contributed by atoms with van der Waals surface area (Å²) < 4.78 is 5.05. The highest BCUT2D eigenvalue weighted by Gasteiger charge is 2.22. The van der Waals surface area contributed by atoms with E-state index in [-0.39, 0.29) is 17.3 Å². The van der Waals surface area contributed by atoms with Crippen LogP contribution in [0.4, 0.5) is 5.69 Å². The monoisotopic (exact) mass is 320 g/mol. The predicted octanol–water partition coefficient (Wildman–Crippen LogP) is 3.60. The van der Waals surface area contributed by atoms with Crippen LogP contribution in [0.2, 0.25) is 0 Å². The number of rotatable bonds is 4. The van der Waals surface area contributed by atoms with Crippen LogP contribution in [-0.2, 0) is 9.53 Å². The first kappa shape index (κ1) is 15.4. The van der Waals surface area contributed by atoms with E-state index in [2.05, 4.69) is 4.99 Å². The molecule has 0 spiro atoms. The Kier molecular flexibility index (Phi) is 4.29. The maximum atomic E-state index is 11.9. The fourth-order valence-electron chi connectivity index (χ4n) is 2.15. The van der Waals surface area contributed by atoms with Crippen LogP contribution in [0, 0.1) is 10.1 Å². The minimum Gasteiger partial charge on any atom is -0.403 e. The summed E-state index contributed by atoms with van der Waals surface area (Å²) in [6, 6.07) is 15.6. The third-order valence-corrected chi connectivity index (χ3v) is 3.28. The number of benzene rings is 2. The molecule has 118 valence electrons. The van der Waals surface area contributed by atoms with Gasteiger partial charge < -0.3 is 4.74 Å². The van der Waals surface area contributed by atoms with Gasteiger partial charge in [-0.15, -0.1) is 0 Å². The number of hydrogen-bond acceptors (Lipinski definition) is 5. The second-order valence-corrected chi connectivity index (χ2v) is 4.93. The molecule has 0 fully saturated rings. The van der Waals surface area contributed by atoms with Crippen LogP contribution in [0.15, 0.2) is 71.4 Å². The van der Waals surface area contributed by atoms with E-state index >= 15 is 0 Å². The topological polar surface area (TPSA) is 81.8 Å². The predicted molar refractivity (Wildman–Crippen MR) is 90.1 cm³/mol. The number of nitro groups is 1. The van der Waals surface area contributed by atoms with Crippen molar-refractivity contribution in [1.82, 2.24) is 0 Å². The standard InChI is InChI=1S/C18H12N2O4/c21-18-15(12-14-8-4-5-9-16(14)20(22)23)19-17(24-18)11-10-13-6-2-1-3-7-13/h1-12H/b11-10+,15-12+. The van der Waals surface area contributed by atoms with E-state index in [0.717, 1.165) is 5.56 Å². The Hall–Kier alpha value is -3.54. The number of ether oxygens (including phenoxy) is 1. The van der Waals surface area contributed by atoms with Crippen molar-refractivity contribution >= 4 is 29.7 Å². The van der Waals surface area contributed by atoms with Crippen LogP contribution in [0.5, 0.6) is 0 Å². The lowest BCUT2D eigenvalue weighted by molar-refractivity contribution is -0.385. The highest BCUT2D eigenvalue weighted by atomic mass is 16.6. The molecule has 0 aliphatic carbocycles. The lowest BCUT2D eigenvalue weighted by Gasteiger charge is -1.96. The highest BCUT2D eigenvalue weighted by molar-refractivity contribution is 6.11. The molecule has 0 saturated carbocycles. The molecule has 1 aliphatic rings. The number of para-hydroxylation sites is 1. The number of aliphatic imine (C=N–C) groups is 1. The summed E-state index contributed by atoms with van der Waals surface area (Å²) in [5.41, 5.74) is 1.16. The second kappa shape index (κ2) is 6.70. The van der Waals surface area contributed by atoms with Crippen molar-refractivity contribution in [1.29, 1.82) is 0 Å². The van der Waals surface area contributed by atoms with E-state index in [4.69, 9.17) is 4.74 Å².